The second-order valence-corrected chi connectivity index (χ2v) is 8.39. The van der Waals surface area contributed by atoms with E-state index < -0.39 is 0 Å². The van der Waals surface area contributed by atoms with Crippen molar-refractivity contribution in [2.45, 2.75) is 26.4 Å². The fourth-order valence-electron chi connectivity index (χ4n) is 4.11. The average Bonchev–Trinajstić information content (AvgIpc) is 3.47. The molecule has 1 aliphatic heterocycles. The summed E-state index contributed by atoms with van der Waals surface area (Å²) in [5, 5.41) is 6.58. The number of hydrogen-bond acceptors (Lipinski definition) is 6. The van der Waals surface area contributed by atoms with Gasteiger partial charge in [0.05, 0.1) is 5.69 Å². The zero-order valence-corrected chi connectivity index (χ0v) is 18.8. The largest absolute Gasteiger partial charge is 0.487 e. The van der Waals surface area contributed by atoms with E-state index in [2.05, 4.69) is 15.5 Å². The van der Waals surface area contributed by atoms with Gasteiger partial charge in [-0.1, -0.05) is 17.3 Å². The van der Waals surface area contributed by atoms with Crippen LogP contribution >= 0.6 is 0 Å². The fourth-order valence-corrected chi connectivity index (χ4v) is 4.11. The number of fused-ring (bicyclic) bond motifs is 1. The molecule has 1 aliphatic rings. The van der Waals surface area contributed by atoms with Crippen LogP contribution in [-0.4, -0.2) is 44.3 Å². The first kappa shape index (κ1) is 21.7. The lowest BCUT2D eigenvalue weighted by Gasteiger charge is -2.31. The molecule has 1 aromatic carbocycles. The van der Waals surface area contributed by atoms with Gasteiger partial charge in [-0.25, -0.2) is 4.98 Å². The summed E-state index contributed by atoms with van der Waals surface area (Å²) in [6, 6.07) is 14.7. The number of likely N-dealkylation sites (tertiary alicyclic amines) is 1. The van der Waals surface area contributed by atoms with Crippen LogP contribution in [0.25, 0.3) is 5.65 Å². The van der Waals surface area contributed by atoms with Crippen LogP contribution in [0.1, 0.15) is 34.7 Å². The van der Waals surface area contributed by atoms with Gasteiger partial charge in [0, 0.05) is 43.0 Å². The van der Waals surface area contributed by atoms with Crippen molar-refractivity contribution in [2.75, 3.05) is 18.4 Å². The lowest BCUT2D eigenvalue weighted by Crippen LogP contribution is -2.41. The molecule has 2 amide bonds. The van der Waals surface area contributed by atoms with Gasteiger partial charge in [-0.3, -0.25) is 9.59 Å². The predicted octanol–water partition coefficient (Wildman–Crippen LogP) is 3.70. The van der Waals surface area contributed by atoms with Crippen LogP contribution in [-0.2, 0) is 11.4 Å². The number of amides is 2. The van der Waals surface area contributed by atoms with E-state index in [9.17, 15) is 9.59 Å². The molecule has 0 saturated carbocycles. The monoisotopic (exact) mass is 459 g/mol. The normalized spacial score (nSPS) is 14.3. The van der Waals surface area contributed by atoms with Crippen molar-refractivity contribution in [2.24, 2.45) is 5.92 Å². The number of imidazole rings is 1. The molecule has 1 fully saturated rings. The smallest absolute Gasteiger partial charge is 0.253 e. The molecule has 0 atom stereocenters. The van der Waals surface area contributed by atoms with Gasteiger partial charge in [0.25, 0.3) is 5.91 Å². The first-order valence-electron chi connectivity index (χ1n) is 11.2. The Morgan fingerprint density at radius 3 is 2.76 bits per heavy atom. The van der Waals surface area contributed by atoms with Crippen molar-refractivity contribution >= 4 is 23.3 Å². The summed E-state index contributed by atoms with van der Waals surface area (Å²) >= 11 is 0. The minimum Gasteiger partial charge on any atom is -0.487 e. The molecular formula is C25H25N5O4. The summed E-state index contributed by atoms with van der Waals surface area (Å²) < 4.78 is 12.8. The van der Waals surface area contributed by atoms with Crippen LogP contribution in [0.3, 0.4) is 0 Å². The van der Waals surface area contributed by atoms with E-state index in [-0.39, 0.29) is 17.7 Å². The van der Waals surface area contributed by atoms with Crippen molar-refractivity contribution in [1.82, 2.24) is 19.4 Å². The highest BCUT2D eigenvalue weighted by molar-refractivity contribution is 5.95. The Labute approximate surface area is 196 Å². The maximum atomic E-state index is 13.0. The van der Waals surface area contributed by atoms with Crippen molar-refractivity contribution in [3.8, 4) is 5.75 Å². The van der Waals surface area contributed by atoms with E-state index in [1.54, 1.807) is 30.0 Å². The topological polar surface area (TPSA) is 102 Å². The fraction of sp³-hybridized carbons (Fsp3) is 0.280. The van der Waals surface area contributed by atoms with Gasteiger partial charge < -0.3 is 23.9 Å². The van der Waals surface area contributed by atoms with Crippen molar-refractivity contribution in [1.29, 1.82) is 0 Å². The Kier molecular flexibility index (Phi) is 5.99. The number of aromatic nitrogens is 3. The predicted molar refractivity (Wildman–Crippen MR) is 124 cm³/mol. The summed E-state index contributed by atoms with van der Waals surface area (Å²) in [5.41, 5.74) is 2.23. The highest BCUT2D eigenvalue weighted by Crippen LogP contribution is 2.23. The first-order chi connectivity index (χ1) is 16.5. The molecule has 174 valence electrons. The quantitative estimate of drug-likeness (QED) is 0.472. The molecule has 4 heterocycles. The highest BCUT2D eigenvalue weighted by atomic mass is 16.5. The number of piperidine rings is 1. The maximum Gasteiger partial charge on any atom is 0.253 e. The maximum absolute atomic E-state index is 13.0. The number of ether oxygens (including phenoxy) is 1. The van der Waals surface area contributed by atoms with E-state index in [4.69, 9.17) is 9.26 Å². The van der Waals surface area contributed by atoms with Gasteiger partial charge in [-0.05, 0) is 50.1 Å². The molecule has 5 rings (SSSR count). The Morgan fingerprint density at radius 1 is 1.15 bits per heavy atom. The van der Waals surface area contributed by atoms with E-state index in [0.29, 0.717) is 55.4 Å². The Balaban J connectivity index is 1.16. The molecule has 0 aliphatic carbocycles. The molecule has 4 aromatic rings. The van der Waals surface area contributed by atoms with E-state index in [0.717, 1.165) is 11.3 Å². The second kappa shape index (κ2) is 9.38. The van der Waals surface area contributed by atoms with E-state index in [1.165, 1.54) is 0 Å². The standard InChI is InChI=1S/C25H25N5O4/c1-17-13-22(28-34-17)27-24(31)18-8-11-29(12-9-18)25(32)19-5-4-6-21(14-19)33-16-20-15-30-10-3-2-7-23(30)26-20/h2-7,10,13-15,18H,8-9,11-12,16H2,1H3,(H,27,28,31). The molecule has 0 radical (unpaired) electrons. The van der Waals surface area contributed by atoms with Gasteiger partial charge >= 0.3 is 0 Å². The number of rotatable bonds is 6. The van der Waals surface area contributed by atoms with E-state index in [1.807, 2.05) is 47.1 Å². The van der Waals surface area contributed by atoms with Crippen molar-refractivity contribution < 1.29 is 18.8 Å². The zero-order chi connectivity index (χ0) is 23.5. The average molecular weight is 460 g/mol. The molecule has 1 saturated heterocycles. The molecule has 3 aromatic heterocycles. The van der Waals surface area contributed by atoms with Gasteiger partial charge in [-0.2, -0.15) is 0 Å². The van der Waals surface area contributed by atoms with Crippen molar-refractivity contribution in [3.05, 3.63) is 77.9 Å². The summed E-state index contributed by atoms with van der Waals surface area (Å²) in [6.45, 7) is 3.11. The SMILES string of the molecule is Cc1cc(NC(=O)C2CCN(C(=O)c3cccc(OCc4cn5ccccc5n4)c3)CC2)no1. The Bertz CT molecular complexity index is 1290. The molecule has 0 spiro atoms. The first-order valence-corrected chi connectivity index (χ1v) is 11.2. The molecule has 0 bridgehead atoms. The lowest BCUT2D eigenvalue weighted by molar-refractivity contribution is -0.121. The number of carbonyl (C=O) groups is 2. The zero-order valence-electron chi connectivity index (χ0n) is 18.8. The summed E-state index contributed by atoms with van der Waals surface area (Å²) in [6.07, 6.45) is 5.05. The van der Waals surface area contributed by atoms with Crippen LogP contribution in [0.4, 0.5) is 5.82 Å². The molecule has 1 N–H and O–H groups in total. The van der Waals surface area contributed by atoms with E-state index >= 15 is 0 Å². The Hall–Kier alpha value is -4.14. The molecule has 9 nitrogen and oxygen atoms in total. The lowest BCUT2D eigenvalue weighted by atomic mass is 9.95. The van der Waals surface area contributed by atoms with Gasteiger partial charge in [0.15, 0.2) is 5.82 Å². The number of pyridine rings is 1. The highest BCUT2D eigenvalue weighted by Gasteiger charge is 2.28. The molecule has 0 unspecified atom stereocenters. The third-order valence-electron chi connectivity index (χ3n) is 5.91. The Morgan fingerprint density at radius 2 is 2.00 bits per heavy atom. The van der Waals surface area contributed by atoms with Crippen LogP contribution in [0, 0.1) is 12.8 Å². The third kappa shape index (κ3) is 4.78. The molecule has 34 heavy (non-hydrogen) atoms. The van der Waals surface area contributed by atoms with Crippen LogP contribution in [0.2, 0.25) is 0 Å². The number of hydrogen-bond donors (Lipinski definition) is 1. The van der Waals surface area contributed by atoms with Crippen LogP contribution in [0.5, 0.6) is 5.75 Å². The molecule has 9 heteroatoms. The van der Waals surface area contributed by atoms with Gasteiger partial charge in [0.2, 0.25) is 5.91 Å². The number of aryl methyl sites for hydroxylation is 1. The van der Waals surface area contributed by atoms with Gasteiger partial charge in [-0.15, -0.1) is 0 Å². The number of nitrogens with zero attached hydrogens (tertiary/aromatic N) is 4. The van der Waals surface area contributed by atoms with Gasteiger partial charge in [0.1, 0.15) is 23.8 Å². The second-order valence-electron chi connectivity index (χ2n) is 8.39. The summed E-state index contributed by atoms with van der Waals surface area (Å²) in [7, 11) is 0. The summed E-state index contributed by atoms with van der Waals surface area (Å²) in [4.78, 5) is 31.9. The minimum atomic E-state index is -0.166. The minimum absolute atomic E-state index is 0.0656. The molecular weight excluding hydrogens is 434 g/mol. The number of anilines is 1. The number of carbonyl (C=O) groups excluding carboxylic acids is 2. The van der Waals surface area contributed by atoms with Crippen LogP contribution < -0.4 is 10.1 Å². The van der Waals surface area contributed by atoms with Crippen LogP contribution in [0.15, 0.2) is 65.4 Å². The number of benzene rings is 1. The van der Waals surface area contributed by atoms with Crippen molar-refractivity contribution in [3.63, 3.8) is 0 Å². The summed E-state index contributed by atoms with van der Waals surface area (Å²) in [5.74, 6) is 1.34. The number of nitrogens with one attached hydrogen (secondary N) is 1. The third-order valence-corrected chi connectivity index (χ3v) is 5.91.